The lowest BCUT2D eigenvalue weighted by Crippen LogP contribution is -2.40. The van der Waals surface area contributed by atoms with E-state index >= 15 is 0 Å². The van der Waals surface area contributed by atoms with Crippen LogP contribution in [0.1, 0.15) is 66.2 Å². The maximum Gasteiger partial charge on any atom is 0.204 e. The average Bonchev–Trinajstić information content (AvgIpc) is 2.70. The van der Waals surface area contributed by atoms with E-state index in [9.17, 15) is 9.90 Å². The first kappa shape index (κ1) is 25.4. The highest BCUT2D eigenvalue weighted by molar-refractivity contribution is 5.97. The van der Waals surface area contributed by atoms with Crippen LogP contribution in [-0.2, 0) is 19.0 Å². The van der Waals surface area contributed by atoms with Gasteiger partial charge in [0.05, 0.1) is 20.3 Å². The summed E-state index contributed by atoms with van der Waals surface area (Å²) >= 11 is 0. The second kappa shape index (κ2) is 12.9. The van der Waals surface area contributed by atoms with Crippen LogP contribution in [0.3, 0.4) is 0 Å². The Morgan fingerprint density at radius 1 is 1.10 bits per heavy atom. The van der Waals surface area contributed by atoms with Crippen molar-refractivity contribution >= 4 is 5.78 Å². The average molecular weight is 409 g/mol. The van der Waals surface area contributed by atoms with Crippen molar-refractivity contribution in [3.8, 4) is 0 Å². The van der Waals surface area contributed by atoms with Crippen molar-refractivity contribution in [3.63, 3.8) is 0 Å². The van der Waals surface area contributed by atoms with Gasteiger partial charge in [-0.15, -0.1) is 0 Å². The number of rotatable bonds is 12. The third kappa shape index (κ3) is 7.63. The molecule has 0 fully saturated rings. The third-order valence-electron chi connectivity index (χ3n) is 5.96. The van der Waals surface area contributed by atoms with Crippen molar-refractivity contribution in [1.82, 2.24) is 0 Å². The van der Waals surface area contributed by atoms with E-state index in [2.05, 4.69) is 32.9 Å². The Hall–Kier alpha value is -1.59. The number of allylic oxidation sites excluding steroid dienone is 5. The summed E-state index contributed by atoms with van der Waals surface area (Å²) in [5.74, 6) is -0.226. The number of ether oxygens (including phenoxy) is 3. The molecule has 0 aromatic rings. The van der Waals surface area contributed by atoms with Crippen LogP contribution in [0.2, 0.25) is 0 Å². The van der Waals surface area contributed by atoms with Crippen molar-refractivity contribution < 1.29 is 24.1 Å². The molecule has 0 aromatic heterocycles. The number of carbonyl (C=O) groups is 1. The summed E-state index contributed by atoms with van der Waals surface area (Å²) in [6, 6.07) is 0. The molecule has 5 heteroatoms. The molecule has 29 heavy (non-hydrogen) atoms. The molecule has 0 amide bonds. The minimum Gasteiger partial charge on any atom is -0.494 e. The van der Waals surface area contributed by atoms with Crippen LogP contribution in [0, 0.1) is 11.8 Å². The molecule has 0 saturated heterocycles. The normalized spacial score (nSPS) is 24.7. The highest BCUT2D eigenvalue weighted by Gasteiger charge is 2.42. The molecule has 1 rings (SSSR count). The largest absolute Gasteiger partial charge is 0.494 e. The van der Waals surface area contributed by atoms with Gasteiger partial charge in [-0.25, -0.2) is 0 Å². The van der Waals surface area contributed by atoms with Crippen molar-refractivity contribution in [2.24, 2.45) is 11.8 Å². The van der Waals surface area contributed by atoms with Crippen molar-refractivity contribution in [2.75, 3.05) is 21.3 Å². The molecular formula is C24H40O5. The first-order chi connectivity index (χ1) is 13.8. The predicted molar refractivity (Wildman–Crippen MR) is 116 cm³/mol. The zero-order valence-corrected chi connectivity index (χ0v) is 19.3. The van der Waals surface area contributed by atoms with E-state index in [0.29, 0.717) is 12.5 Å². The Bertz CT molecular complexity index is 617. The standard InChI is InChI=1S/C24H40O5/c1-16(12-9-13-18(3)27-5)10-8-11-17(2)14-15-20-19(4)21(25)23(28-6)24(29-7)22(20)26/h10,14,18-20,22,26H,8-9,11-13,15H2,1-7H3/b16-10+,17-14+. The summed E-state index contributed by atoms with van der Waals surface area (Å²) in [7, 11) is 4.65. The quantitative estimate of drug-likeness (QED) is 0.463. The topological polar surface area (TPSA) is 65.0 Å². The van der Waals surface area contributed by atoms with Gasteiger partial charge in [0.1, 0.15) is 6.10 Å². The van der Waals surface area contributed by atoms with Crippen LogP contribution >= 0.6 is 0 Å². The molecule has 166 valence electrons. The number of aliphatic hydroxyl groups is 1. The van der Waals surface area contributed by atoms with E-state index in [0.717, 1.165) is 32.1 Å². The van der Waals surface area contributed by atoms with Crippen LogP contribution in [0.15, 0.2) is 34.8 Å². The summed E-state index contributed by atoms with van der Waals surface area (Å²) in [6.07, 6.45) is 9.92. The molecule has 4 atom stereocenters. The first-order valence-corrected chi connectivity index (χ1v) is 10.6. The van der Waals surface area contributed by atoms with E-state index in [1.165, 1.54) is 25.4 Å². The van der Waals surface area contributed by atoms with Crippen LogP contribution in [0.4, 0.5) is 0 Å². The van der Waals surface area contributed by atoms with Crippen LogP contribution in [-0.4, -0.2) is 44.4 Å². The van der Waals surface area contributed by atoms with Gasteiger partial charge in [-0.2, -0.15) is 0 Å². The van der Waals surface area contributed by atoms with E-state index < -0.39 is 6.10 Å². The van der Waals surface area contributed by atoms with Gasteiger partial charge in [0.25, 0.3) is 0 Å². The lowest BCUT2D eigenvalue weighted by molar-refractivity contribution is -0.128. The Labute approximate surface area is 176 Å². The molecule has 1 N–H and O–H groups in total. The van der Waals surface area contributed by atoms with Gasteiger partial charge in [-0.05, 0) is 59.3 Å². The zero-order valence-electron chi connectivity index (χ0n) is 19.3. The van der Waals surface area contributed by atoms with Crippen molar-refractivity contribution in [3.05, 3.63) is 34.8 Å². The minimum absolute atomic E-state index is 0.105. The molecular weight excluding hydrogens is 368 g/mol. The number of aliphatic hydroxyl groups excluding tert-OH is 1. The summed E-state index contributed by atoms with van der Waals surface area (Å²) in [5.41, 5.74) is 2.69. The number of hydrogen-bond donors (Lipinski definition) is 1. The Balaban J connectivity index is 2.57. The Morgan fingerprint density at radius 3 is 2.34 bits per heavy atom. The molecule has 0 radical (unpaired) electrons. The molecule has 0 spiro atoms. The van der Waals surface area contributed by atoms with E-state index in [-0.39, 0.29) is 29.1 Å². The van der Waals surface area contributed by atoms with Gasteiger partial charge in [0.2, 0.25) is 11.5 Å². The Kier molecular flexibility index (Phi) is 11.3. The number of methoxy groups -OCH3 is 3. The van der Waals surface area contributed by atoms with Crippen LogP contribution < -0.4 is 0 Å². The monoisotopic (exact) mass is 408 g/mol. The van der Waals surface area contributed by atoms with Crippen LogP contribution in [0.25, 0.3) is 0 Å². The molecule has 0 saturated carbocycles. The number of hydrogen-bond acceptors (Lipinski definition) is 5. The molecule has 0 heterocycles. The molecule has 0 aliphatic heterocycles. The fourth-order valence-corrected chi connectivity index (χ4v) is 3.75. The van der Waals surface area contributed by atoms with Gasteiger partial charge in [-0.1, -0.05) is 30.2 Å². The summed E-state index contributed by atoms with van der Waals surface area (Å²) in [4.78, 5) is 12.5. The second-order valence-electron chi connectivity index (χ2n) is 8.18. The fraction of sp³-hybridized carbons (Fsp3) is 0.708. The summed E-state index contributed by atoms with van der Waals surface area (Å²) in [6.45, 7) is 8.25. The number of Topliss-reactive ketones (excluding diaryl/α,β-unsaturated/α-hetero) is 1. The lowest BCUT2D eigenvalue weighted by Gasteiger charge is -2.33. The van der Waals surface area contributed by atoms with Gasteiger partial charge >= 0.3 is 0 Å². The highest BCUT2D eigenvalue weighted by atomic mass is 16.5. The number of carbonyl (C=O) groups excluding carboxylic acids is 1. The summed E-state index contributed by atoms with van der Waals surface area (Å²) in [5, 5.41) is 10.7. The lowest BCUT2D eigenvalue weighted by atomic mass is 9.77. The molecule has 1 aliphatic carbocycles. The van der Waals surface area contributed by atoms with Crippen LogP contribution in [0.5, 0.6) is 0 Å². The molecule has 4 unspecified atom stereocenters. The molecule has 0 aromatic carbocycles. The van der Waals surface area contributed by atoms with E-state index in [1.54, 1.807) is 7.11 Å². The third-order valence-corrected chi connectivity index (χ3v) is 5.96. The molecule has 1 aliphatic rings. The van der Waals surface area contributed by atoms with Crippen molar-refractivity contribution in [1.29, 1.82) is 0 Å². The summed E-state index contributed by atoms with van der Waals surface area (Å²) < 4.78 is 15.7. The smallest absolute Gasteiger partial charge is 0.204 e. The highest BCUT2D eigenvalue weighted by Crippen LogP contribution is 2.35. The van der Waals surface area contributed by atoms with Gasteiger partial charge in [-0.3, -0.25) is 4.79 Å². The first-order valence-electron chi connectivity index (χ1n) is 10.6. The molecule has 5 nitrogen and oxygen atoms in total. The predicted octanol–water partition coefficient (Wildman–Crippen LogP) is 4.95. The maximum absolute atomic E-state index is 12.5. The van der Waals surface area contributed by atoms with Crippen molar-refractivity contribution in [2.45, 2.75) is 78.4 Å². The number of ketones is 1. The van der Waals surface area contributed by atoms with E-state index in [4.69, 9.17) is 14.2 Å². The van der Waals surface area contributed by atoms with Gasteiger partial charge in [0.15, 0.2) is 5.76 Å². The van der Waals surface area contributed by atoms with Gasteiger partial charge in [0, 0.05) is 18.9 Å². The second-order valence-corrected chi connectivity index (χ2v) is 8.18. The Morgan fingerprint density at radius 2 is 1.76 bits per heavy atom. The maximum atomic E-state index is 12.5. The zero-order chi connectivity index (χ0) is 22.0. The SMILES string of the molecule is COC1=C(OC)C(O)C(C/C=C(\C)CC/C=C(\C)CCCC(C)OC)C(C)C1=O. The van der Waals surface area contributed by atoms with E-state index in [1.807, 2.05) is 6.92 Å². The fourth-order valence-electron chi connectivity index (χ4n) is 3.75. The molecule has 0 bridgehead atoms. The van der Waals surface area contributed by atoms with Gasteiger partial charge < -0.3 is 19.3 Å². The minimum atomic E-state index is -0.830.